The van der Waals surface area contributed by atoms with Crippen LogP contribution in [0.15, 0.2) is 48.5 Å². The largest absolute Gasteiger partial charge is 0.573 e. The molecule has 0 bridgehead atoms. The smallest absolute Gasteiger partial charge is 0.406 e. The zero-order valence-corrected chi connectivity index (χ0v) is 12.7. The number of ether oxygens (including phenoxy) is 1. The van der Waals surface area contributed by atoms with Crippen LogP contribution in [0.5, 0.6) is 5.75 Å². The Bertz CT molecular complexity index is 602. The molecule has 2 rings (SSSR count). The molecule has 0 spiro atoms. The molecule has 0 heterocycles. The van der Waals surface area contributed by atoms with E-state index in [1.807, 2.05) is 18.2 Å². The minimum atomic E-state index is -4.66. The molecule has 1 unspecified atom stereocenters. The maximum Gasteiger partial charge on any atom is 0.573 e. The van der Waals surface area contributed by atoms with Crippen molar-refractivity contribution in [1.29, 1.82) is 0 Å². The van der Waals surface area contributed by atoms with E-state index in [0.29, 0.717) is 5.92 Å². The summed E-state index contributed by atoms with van der Waals surface area (Å²) >= 11 is 0. The average Bonchev–Trinajstić information content (AvgIpc) is 2.47. The van der Waals surface area contributed by atoms with Gasteiger partial charge in [-0.15, -0.1) is 13.2 Å². The van der Waals surface area contributed by atoms with Crippen LogP contribution in [-0.4, -0.2) is 6.36 Å². The van der Waals surface area contributed by atoms with E-state index in [9.17, 15) is 13.2 Å². The molecule has 118 valence electrons. The molecule has 0 aliphatic heterocycles. The molecule has 2 aromatic rings. The van der Waals surface area contributed by atoms with Crippen LogP contribution < -0.4 is 4.74 Å². The summed E-state index contributed by atoms with van der Waals surface area (Å²) in [7, 11) is 0. The van der Waals surface area contributed by atoms with Gasteiger partial charge in [0.1, 0.15) is 5.75 Å². The van der Waals surface area contributed by atoms with Gasteiger partial charge in [-0.25, -0.2) is 0 Å². The monoisotopic (exact) mass is 308 g/mol. The fraction of sp³-hybridized carbons (Fsp3) is 0.333. The lowest BCUT2D eigenvalue weighted by Crippen LogP contribution is -2.16. The van der Waals surface area contributed by atoms with Gasteiger partial charge in [-0.05, 0) is 41.2 Å². The van der Waals surface area contributed by atoms with Crippen molar-refractivity contribution in [3.63, 3.8) is 0 Å². The predicted octanol–water partition coefficient (Wildman–Crippen LogP) is 6.16. The summed E-state index contributed by atoms with van der Waals surface area (Å²) in [5, 5.41) is 0. The summed E-state index contributed by atoms with van der Waals surface area (Å²) in [6, 6.07) is 14.0. The molecule has 0 aliphatic carbocycles. The van der Waals surface area contributed by atoms with Gasteiger partial charge in [0.15, 0.2) is 0 Å². The maximum absolute atomic E-state index is 12.2. The molecule has 0 saturated heterocycles. The van der Waals surface area contributed by atoms with E-state index >= 15 is 0 Å². The second-order valence-corrected chi connectivity index (χ2v) is 5.35. The van der Waals surface area contributed by atoms with Crippen molar-refractivity contribution < 1.29 is 17.9 Å². The van der Waals surface area contributed by atoms with Crippen molar-refractivity contribution in [2.24, 2.45) is 0 Å². The van der Waals surface area contributed by atoms with Crippen molar-refractivity contribution in [2.75, 3.05) is 0 Å². The summed E-state index contributed by atoms with van der Waals surface area (Å²) in [5.41, 5.74) is 3.17. The van der Waals surface area contributed by atoms with E-state index < -0.39 is 6.36 Å². The zero-order valence-electron chi connectivity index (χ0n) is 12.7. The SMILES string of the molecule is CCCC(C)c1ccccc1-c1ccc(OC(F)(F)F)cc1. The Morgan fingerprint density at radius 1 is 1.00 bits per heavy atom. The first-order valence-corrected chi connectivity index (χ1v) is 7.36. The van der Waals surface area contributed by atoms with Crippen molar-refractivity contribution in [3.05, 3.63) is 54.1 Å². The van der Waals surface area contributed by atoms with Gasteiger partial charge in [0.05, 0.1) is 0 Å². The topological polar surface area (TPSA) is 9.23 Å². The summed E-state index contributed by atoms with van der Waals surface area (Å²) in [6.07, 6.45) is -2.49. The van der Waals surface area contributed by atoms with Crippen LogP contribution in [0.4, 0.5) is 13.2 Å². The first-order chi connectivity index (χ1) is 10.4. The lowest BCUT2D eigenvalue weighted by molar-refractivity contribution is -0.274. The van der Waals surface area contributed by atoms with Gasteiger partial charge in [-0.1, -0.05) is 56.7 Å². The van der Waals surface area contributed by atoms with E-state index in [2.05, 4.69) is 24.7 Å². The van der Waals surface area contributed by atoms with E-state index in [-0.39, 0.29) is 5.75 Å². The van der Waals surface area contributed by atoms with Crippen LogP contribution in [-0.2, 0) is 0 Å². The lowest BCUT2D eigenvalue weighted by Gasteiger charge is -2.16. The fourth-order valence-electron chi connectivity index (χ4n) is 2.61. The highest BCUT2D eigenvalue weighted by molar-refractivity contribution is 5.68. The van der Waals surface area contributed by atoms with Gasteiger partial charge in [0.25, 0.3) is 0 Å². The third-order valence-electron chi connectivity index (χ3n) is 3.61. The fourth-order valence-corrected chi connectivity index (χ4v) is 2.61. The van der Waals surface area contributed by atoms with E-state index in [1.165, 1.54) is 17.7 Å². The van der Waals surface area contributed by atoms with Gasteiger partial charge in [-0.2, -0.15) is 0 Å². The standard InChI is InChI=1S/C18H19F3O/c1-3-6-13(2)16-7-4-5-8-17(16)14-9-11-15(12-10-14)22-18(19,20)21/h4-5,7-13H,3,6H2,1-2H3. The Hall–Kier alpha value is -1.97. The molecular weight excluding hydrogens is 289 g/mol. The number of hydrogen-bond donors (Lipinski definition) is 0. The Labute approximate surface area is 128 Å². The van der Waals surface area contributed by atoms with Crippen LogP contribution in [0.3, 0.4) is 0 Å². The van der Waals surface area contributed by atoms with Crippen molar-refractivity contribution >= 4 is 0 Å². The molecule has 0 aromatic heterocycles. The van der Waals surface area contributed by atoms with Gasteiger partial charge in [-0.3, -0.25) is 0 Å². The van der Waals surface area contributed by atoms with Crippen molar-refractivity contribution in [1.82, 2.24) is 0 Å². The molecule has 0 aliphatic rings. The van der Waals surface area contributed by atoms with Gasteiger partial charge in [0, 0.05) is 0 Å². The Kier molecular flexibility index (Phi) is 5.11. The Morgan fingerprint density at radius 3 is 2.23 bits per heavy atom. The molecule has 0 saturated carbocycles. The van der Waals surface area contributed by atoms with Crippen LogP contribution >= 0.6 is 0 Å². The van der Waals surface area contributed by atoms with Crippen LogP contribution in [0.25, 0.3) is 11.1 Å². The van der Waals surface area contributed by atoms with Gasteiger partial charge >= 0.3 is 6.36 Å². The molecule has 0 amide bonds. The van der Waals surface area contributed by atoms with E-state index in [1.54, 1.807) is 12.1 Å². The number of halogens is 3. The molecule has 4 heteroatoms. The lowest BCUT2D eigenvalue weighted by atomic mass is 9.89. The van der Waals surface area contributed by atoms with Gasteiger partial charge < -0.3 is 4.74 Å². The molecule has 22 heavy (non-hydrogen) atoms. The highest BCUT2D eigenvalue weighted by Gasteiger charge is 2.31. The van der Waals surface area contributed by atoms with Crippen LogP contribution in [0.2, 0.25) is 0 Å². The van der Waals surface area contributed by atoms with Crippen molar-refractivity contribution in [3.8, 4) is 16.9 Å². The normalized spacial score (nSPS) is 13.0. The van der Waals surface area contributed by atoms with Crippen LogP contribution in [0.1, 0.15) is 38.2 Å². The highest BCUT2D eigenvalue weighted by Crippen LogP contribution is 2.33. The quantitative estimate of drug-likeness (QED) is 0.643. The Morgan fingerprint density at radius 2 is 1.64 bits per heavy atom. The first-order valence-electron chi connectivity index (χ1n) is 7.36. The van der Waals surface area contributed by atoms with E-state index in [0.717, 1.165) is 24.0 Å². The zero-order chi connectivity index (χ0) is 16.2. The minimum Gasteiger partial charge on any atom is -0.406 e. The highest BCUT2D eigenvalue weighted by atomic mass is 19.4. The third kappa shape index (κ3) is 4.26. The van der Waals surface area contributed by atoms with Crippen molar-refractivity contribution in [2.45, 2.75) is 39.0 Å². The molecule has 1 atom stereocenters. The molecule has 0 radical (unpaired) electrons. The summed E-state index contributed by atoms with van der Waals surface area (Å²) in [6.45, 7) is 4.31. The minimum absolute atomic E-state index is 0.199. The maximum atomic E-state index is 12.2. The number of rotatable bonds is 5. The average molecular weight is 308 g/mol. The van der Waals surface area contributed by atoms with Crippen LogP contribution in [0, 0.1) is 0 Å². The summed E-state index contributed by atoms with van der Waals surface area (Å²) in [4.78, 5) is 0. The first kappa shape index (κ1) is 16.4. The second-order valence-electron chi connectivity index (χ2n) is 5.35. The Balaban J connectivity index is 2.29. The summed E-state index contributed by atoms with van der Waals surface area (Å²) in [5.74, 6) is 0.211. The van der Waals surface area contributed by atoms with Gasteiger partial charge in [0.2, 0.25) is 0 Å². The predicted molar refractivity (Wildman–Crippen MR) is 81.9 cm³/mol. The molecule has 0 N–H and O–H groups in total. The van der Waals surface area contributed by atoms with E-state index in [4.69, 9.17) is 0 Å². The molecular formula is C18H19F3O. The number of hydrogen-bond acceptors (Lipinski definition) is 1. The molecule has 0 fully saturated rings. The third-order valence-corrected chi connectivity index (χ3v) is 3.61. The molecule has 1 nitrogen and oxygen atoms in total. The summed E-state index contributed by atoms with van der Waals surface area (Å²) < 4.78 is 40.5. The number of benzene rings is 2. The molecule has 2 aromatic carbocycles. The number of alkyl halides is 3. The second kappa shape index (κ2) is 6.86.